The minimum absolute atomic E-state index is 0.00504. The van der Waals surface area contributed by atoms with Crippen LogP contribution in [0.15, 0.2) is 53.0 Å². The number of halogens is 1. The van der Waals surface area contributed by atoms with Crippen LogP contribution >= 0.6 is 15.9 Å². The molecule has 0 atom stereocenters. The highest BCUT2D eigenvalue weighted by Crippen LogP contribution is 2.44. The predicted molar refractivity (Wildman–Crippen MR) is 113 cm³/mol. The summed E-state index contributed by atoms with van der Waals surface area (Å²) in [5, 5.41) is 5.93. The number of benzene rings is 2. The van der Waals surface area contributed by atoms with E-state index in [-0.39, 0.29) is 11.8 Å². The first-order valence-electron chi connectivity index (χ1n) is 9.36. The summed E-state index contributed by atoms with van der Waals surface area (Å²) >= 11 is 3.45. The summed E-state index contributed by atoms with van der Waals surface area (Å²) in [6.07, 6.45) is 3.28. The lowest BCUT2D eigenvalue weighted by Crippen LogP contribution is -2.45. The van der Waals surface area contributed by atoms with E-state index in [0.717, 1.165) is 40.7 Å². The van der Waals surface area contributed by atoms with E-state index in [1.54, 1.807) is 0 Å². The quantitative estimate of drug-likeness (QED) is 0.638. The molecule has 0 aromatic heterocycles. The first kappa shape index (κ1) is 19.6. The molecule has 1 saturated carbocycles. The highest BCUT2D eigenvalue weighted by Gasteiger charge is 2.45. The number of nitrogens with one attached hydrogen (secondary N) is 2. The molecule has 1 fully saturated rings. The Morgan fingerprint density at radius 2 is 1.52 bits per heavy atom. The number of carbonyl (C=O) groups is 2. The molecule has 1 aliphatic rings. The van der Waals surface area contributed by atoms with E-state index < -0.39 is 5.41 Å². The van der Waals surface area contributed by atoms with Crippen molar-refractivity contribution >= 4 is 39.1 Å². The second-order valence-electron chi connectivity index (χ2n) is 7.62. The molecular weight excluding hydrogens is 404 g/mol. The van der Waals surface area contributed by atoms with Crippen molar-refractivity contribution in [2.24, 2.45) is 5.92 Å². The van der Waals surface area contributed by atoms with Gasteiger partial charge in [0.1, 0.15) is 0 Å². The second-order valence-corrected chi connectivity index (χ2v) is 8.54. The third-order valence-electron chi connectivity index (χ3n) is 5.06. The molecule has 0 unspecified atom stereocenters. The summed E-state index contributed by atoms with van der Waals surface area (Å²) < 4.78 is 1.01. The Balaban J connectivity index is 1.66. The largest absolute Gasteiger partial charge is 0.326 e. The van der Waals surface area contributed by atoms with E-state index >= 15 is 0 Å². The first-order chi connectivity index (χ1) is 12.9. The van der Waals surface area contributed by atoms with Crippen molar-refractivity contribution in [1.82, 2.24) is 0 Å². The van der Waals surface area contributed by atoms with Crippen molar-refractivity contribution in [3.05, 3.63) is 58.6 Å². The maximum absolute atomic E-state index is 13.0. The Morgan fingerprint density at radius 3 is 2.00 bits per heavy atom. The highest BCUT2D eigenvalue weighted by atomic mass is 79.9. The van der Waals surface area contributed by atoms with Crippen molar-refractivity contribution in [2.45, 2.75) is 44.9 Å². The monoisotopic (exact) mass is 428 g/mol. The molecule has 2 aromatic rings. The molecule has 142 valence electrons. The zero-order valence-corrected chi connectivity index (χ0v) is 17.3. The van der Waals surface area contributed by atoms with Crippen molar-refractivity contribution in [1.29, 1.82) is 0 Å². The van der Waals surface area contributed by atoms with Crippen LogP contribution in [0.1, 0.15) is 45.1 Å². The van der Waals surface area contributed by atoms with E-state index in [2.05, 4.69) is 26.6 Å². The molecule has 2 amide bonds. The lowest BCUT2D eigenvalue weighted by Gasteiger charge is -2.40. The van der Waals surface area contributed by atoms with Crippen LogP contribution in [0.3, 0.4) is 0 Å². The maximum atomic E-state index is 13.0. The van der Waals surface area contributed by atoms with Crippen LogP contribution < -0.4 is 10.6 Å². The van der Waals surface area contributed by atoms with Crippen LogP contribution in [0.2, 0.25) is 0 Å². The fourth-order valence-electron chi connectivity index (χ4n) is 3.42. The number of hydrogen-bond donors (Lipinski definition) is 2. The number of carbonyl (C=O) groups excluding carboxylic acids is 2. The Morgan fingerprint density at radius 1 is 0.963 bits per heavy atom. The lowest BCUT2D eigenvalue weighted by atomic mass is 9.64. The van der Waals surface area contributed by atoms with Crippen molar-refractivity contribution in [3.8, 4) is 0 Å². The summed E-state index contributed by atoms with van der Waals surface area (Å²) in [5.74, 6) is 0.360. The summed E-state index contributed by atoms with van der Waals surface area (Å²) in [6.45, 7) is 4.03. The van der Waals surface area contributed by atoms with E-state index in [0.29, 0.717) is 12.3 Å². The number of anilines is 2. The summed E-state index contributed by atoms with van der Waals surface area (Å²) in [6, 6.07) is 15.3. The molecule has 1 aliphatic carbocycles. The van der Waals surface area contributed by atoms with Crippen LogP contribution in [-0.2, 0) is 15.0 Å². The predicted octanol–water partition coefficient (Wildman–Crippen LogP) is 5.49. The van der Waals surface area contributed by atoms with Gasteiger partial charge in [0.2, 0.25) is 11.8 Å². The Hall–Kier alpha value is -2.14. The average molecular weight is 429 g/mol. The molecule has 0 spiro atoms. The molecule has 0 heterocycles. The molecule has 27 heavy (non-hydrogen) atoms. The number of rotatable bonds is 6. The minimum Gasteiger partial charge on any atom is -0.326 e. The van der Waals surface area contributed by atoms with Gasteiger partial charge in [-0.25, -0.2) is 0 Å². The molecule has 0 radical (unpaired) electrons. The van der Waals surface area contributed by atoms with Gasteiger partial charge in [-0.05, 0) is 60.7 Å². The Bertz CT molecular complexity index is 809. The topological polar surface area (TPSA) is 58.2 Å². The van der Waals surface area contributed by atoms with Crippen molar-refractivity contribution in [2.75, 3.05) is 10.6 Å². The fraction of sp³-hybridized carbons (Fsp3) is 0.364. The van der Waals surface area contributed by atoms with Crippen molar-refractivity contribution in [3.63, 3.8) is 0 Å². The van der Waals surface area contributed by atoms with E-state index in [1.165, 1.54) is 0 Å². The molecule has 0 aliphatic heterocycles. The first-order valence-corrected chi connectivity index (χ1v) is 10.2. The van der Waals surface area contributed by atoms with Gasteiger partial charge in [0.25, 0.3) is 0 Å². The Kier molecular flexibility index (Phi) is 6.00. The SMILES string of the molecule is CC(C)CC(=O)Nc1ccc(NC(=O)C2(c3ccc(Br)cc3)CCC2)cc1. The lowest BCUT2D eigenvalue weighted by molar-refractivity contribution is -0.124. The van der Waals surface area contributed by atoms with E-state index in [4.69, 9.17) is 0 Å². The van der Waals surface area contributed by atoms with Gasteiger partial charge < -0.3 is 10.6 Å². The summed E-state index contributed by atoms with van der Waals surface area (Å²) in [5.41, 5.74) is 2.10. The maximum Gasteiger partial charge on any atom is 0.235 e. The van der Waals surface area contributed by atoms with Gasteiger partial charge in [0.15, 0.2) is 0 Å². The Labute approximate surface area is 168 Å². The molecule has 0 bridgehead atoms. The standard InChI is InChI=1S/C22H25BrN2O2/c1-15(2)14-20(26)24-18-8-10-19(11-9-18)25-21(27)22(12-3-13-22)16-4-6-17(23)7-5-16/h4-11,15H,3,12-14H2,1-2H3,(H,24,26)(H,25,27). The third-order valence-corrected chi connectivity index (χ3v) is 5.59. The van der Waals surface area contributed by atoms with Gasteiger partial charge >= 0.3 is 0 Å². The second kappa shape index (κ2) is 8.26. The summed E-state index contributed by atoms with van der Waals surface area (Å²) in [4.78, 5) is 24.9. The minimum atomic E-state index is -0.440. The van der Waals surface area contributed by atoms with Gasteiger partial charge in [0, 0.05) is 22.3 Å². The van der Waals surface area contributed by atoms with Crippen LogP contribution in [0, 0.1) is 5.92 Å². The van der Waals surface area contributed by atoms with Crippen LogP contribution in [0.5, 0.6) is 0 Å². The zero-order chi connectivity index (χ0) is 19.4. The van der Waals surface area contributed by atoms with Gasteiger partial charge in [0.05, 0.1) is 5.41 Å². The molecule has 5 heteroatoms. The fourth-order valence-corrected chi connectivity index (χ4v) is 3.68. The molecule has 0 saturated heterocycles. The smallest absolute Gasteiger partial charge is 0.235 e. The molecule has 2 aromatic carbocycles. The van der Waals surface area contributed by atoms with Gasteiger partial charge in [-0.15, -0.1) is 0 Å². The van der Waals surface area contributed by atoms with Gasteiger partial charge in [-0.2, -0.15) is 0 Å². The number of hydrogen-bond acceptors (Lipinski definition) is 2. The molecule has 4 nitrogen and oxygen atoms in total. The van der Waals surface area contributed by atoms with E-state index in [9.17, 15) is 9.59 Å². The van der Waals surface area contributed by atoms with Gasteiger partial charge in [-0.1, -0.05) is 48.3 Å². The molecule has 2 N–H and O–H groups in total. The van der Waals surface area contributed by atoms with Crippen molar-refractivity contribution < 1.29 is 9.59 Å². The normalized spacial score (nSPS) is 15.1. The average Bonchev–Trinajstić information content (AvgIpc) is 2.56. The van der Waals surface area contributed by atoms with Crippen LogP contribution in [0.25, 0.3) is 0 Å². The molecular formula is C22H25BrN2O2. The van der Waals surface area contributed by atoms with Crippen LogP contribution in [0.4, 0.5) is 11.4 Å². The molecule has 3 rings (SSSR count). The van der Waals surface area contributed by atoms with Crippen LogP contribution in [-0.4, -0.2) is 11.8 Å². The highest BCUT2D eigenvalue weighted by molar-refractivity contribution is 9.10. The third kappa shape index (κ3) is 4.59. The van der Waals surface area contributed by atoms with E-state index in [1.807, 2.05) is 62.4 Å². The zero-order valence-electron chi connectivity index (χ0n) is 15.7. The summed E-state index contributed by atoms with van der Waals surface area (Å²) in [7, 11) is 0. The number of amides is 2. The van der Waals surface area contributed by atoms with Gasteiger partial charge in [-0.3, -0.25) is 9.59 Å².